The van der Waals surface area contributed by atoms with Gasteiger partial charge in [0.2, 0.25) is 0 Å². The van der Waals surface area contributed by atoms with Crippen LogP contribution in [0.25, 0.3) is 0 Å². The lowest BCUT2D eigenvalue weighted by atomic mass is 10.3. The number of carbonyl (C=O) groups excluding carboxylic acids is 1. The Morgan fingerprint density at radius 3 is 2.80 bits per heavy atom. The molecule has 0 bridgehead atoms. The summed E-state index contributed by atoms with van der Waals surface area (Å²) >= 11 is 4.70. The minimum Gasteiger partial charge on any atom is -0.506 e. The molecule has 0 unspecified atom stereocenters. The normalized spacial score (nSPS) is 9.20. The van der Waals surface area contributed by atoms with Gasteiger partial charge in [0.15, 0.2) is 6.29 Å². The van der Waals surface area contributed by atoms with Gasteiger partial charge in [-0.05, 0) is 12.1 Å². The molecule has 0 saturated heterocycles. The third-order valence-corrected chi connectivity index (χ3v) is 1.28. The van der Waals surface area contributed by atoms with Gasteiger partial charge >= 0.3 is 0 Å². The minimum atomic E-state index is -0.0800. The maximum atomic E-state index is 10.1. The molecule has 2 N–H and O–H groups in total. The molecule has 0 aliphatic rings. The SMILES string of the molecule is O=Cc1[nH]c(=S)ccc1O. The van der Waals surface area contributed by atoms with Crippen LogP contribution in [0.4, 0.5) is 0 Å². The standard InChI is InChI=1S/C6H5NO2S/c8-3-4-5(9)1-2-6(10)7-4/h1-3,9H,(H,7,10). The molecule has 3 nitrogen and oxygen atoms in total. The van der Waals surface area contributed by atoms with Gasteiger partial charge < -0.3 is 10.1 Å². The highest BCUT2D eigenvalue weighted by Crippen LogP contribution is 2.09. The Labute approximate surface area is 62.3 Å². The lowest BCUT2D eigenvalue weighted by molar-refractivity contribution is 0.111. The van der Waals surface area contributed by atoms with Crippen molar-refractivity contribution in [3.8, 4) is 5.75 Å². The Morgan fingerprint density at radius 2 is 2.30 bits per heavy atom. The van der Waals surface area contributed by atoms with Gasteiger partial charge in [0, 0.05) is 0 Å². The number of aromatic hydroxyl groups is 1. The smallest absolute Gasteiger partial charge is 0.170 e. The molecule has 4 heteroatoms. The van der Waals surface area contributed by atoms with Gasteiger partial charge in [-0.1, -0.05) is 12.2 Å². The zero-order valence-electron chi connectivity index (χ0n) is 5.00. The summed E-state index contributed by atoms with van der Waals surface area (Å²) in [5.74, 6) is -0.0800. The number of aromatic amines is 1. The highest BCUT2D eigenvalue weighted by Gasteiger charge is 1.95. The largest absolute Gasteiger partial charge is 0.506 e. The van der Waals surface area contributed by atoms with Gasteiger partial charge in [-0.15, -0.1) is 0 Å². The van der Waals surface area contributed by atoms with E-state index in [0.29, 0.717) is 10.9 Å². The molecule has 0 atom stereocenters. The van der Waals surface area contributed by atoms with Crippen LogP contribution in [0, 0.1) is 4.64 Å². The molecule has 0 saturated carbocycles. The van der Waals surface area contributed by atoms with Gasteiger partial charge in [-0.3, -0.25) is 4.79 Å². The molecule has 0 aliphatic heterocycles. The summed E-state index contributed by atoms with van der Waals surface area (Å²) in [7, 11) is 0. The van der Waals surface area contributed by atoms with Gasteiger partial charge in [-0.25, -0.2) is 0 Å². The Kier molecular flexibility index (Phi) is 1.82. The fourth-order valence-electron chi connectivity index (χ4n) is 0.573. The van der Waals surface area contributed by atoms with Crippen LogP contribution in [0.5, 0.6) is 5.75 Å². The predicted molar refractivity (Wildman–Crippen MR) is 38.7 cm³/mol. The van der Waals surface area contributed by atoms with Gasteiger partial charge in [0.25, 0.3) is 0 Å². The van der Waals surface area contributed by atoms with Crippen molar-refractivity contribution in [1.29, 1.82) is 0 Å². The Bertz CT molecular complexity index is 305. The summed E-state index contributed by atoms with van der Waals surface area (Å²) in [5, 5.41) is 8.93. The van der Waals surface area contributed by atoms with Crippen LogP contribution >= 0.6 is 12.2 Å². The molecule has 1 aromatic rings. The van der Waals surface area contributed by atoms with Crippen molar-refractivity contribution in [3.63, 3.8) is 0 Å². The first-order valence-corrected chi connectivity index (χ1v) is 3.02. The first-order chi connectivity index (χ1) is 4.74. The first kappa shape index (κ1) is 6.95. The van der Waals surface area contributed by atoms with E-state index in [1.165, 1.54) is 12.1 Å². The maximum Gasteiger partial charge on any atom is 0.170 e. The number of carbonyl (C=O) groups is 1. The predicted octanol–water partition coefficient (Wildman–Crippen LogP) is 1.26. The van der Waals surface area contributed by atoms with Crippen molar-refractivity contribution in [2.75, 3.05) is 0 Å². The van der Waals surface area contributed by atoms with Crippen molar-refractivity contribution in [2.24, 2.45) is 0 Å². The zero-order valence-corrected chi connectivity index (χ0v) is 5.81. The van der Waals surface area contributed by atoms with E-state index in [-0.39, 0.29) is 11.4 Å². The Morgan fingerprint density at radius 1 is 1.60 bits per heavy atom. The van der Waals surface area contributed by atoms with Gasteiger partial charge in [-0.2, -0.15) is 0 Å². The summed E-state index contributed by atoms with van der Waals surface area (Å²) in [6, 6.07) is 2.89. The Hall–Kier alpha value is -1.16. The van der Waals surface area contributed by atoms with Crippen LogP contribution in [-0.4, -0.2) is 16.4 Å². The summed E-state index contributed by atoms with van der Waals surface area (Å²) in [6.07, 6.45) is 0.519. The molecule has 1 heterocycles. The number of nitrogens with one attached hydrogen (secondary N) is 1. The van der Waals surface area contributed by atoms with Crippen molar-refractivity contribution < 1.29 is 9.90 Å². The summed E-state index contributed by atoms with van der Waals surface area (Å²) in [4.78, 5) is 12.7. The molecule has 0 fully saturated rings. The van der Waals surface area contributed by atoms with E-state index in [1.807, 2.05) is 0 Å². The number of hydrogen-bond acceptors (Lipinski definition) is 3. The van der Waals surface area contributed by atoms with E-state index >= 15 is 0 Å². The maximum absolute atomic E-state index is 10.1. The molecule has 0 amide bonds. The molecule has 0 aliphatic carbocycles. The molecule has 0 radical (unpaired) electrons. The van der Waals surface area contributed by atoms with E-state index in [4.69, 9.17) is 17.3 Å². The van der Waals surface area contributed by atoms with Crippen LogP contribution in [0.2, 0.25) is 0 Å². The highest BCUT2D eigenvalue weighted by molar-refractivity contribution is 7.71. The lowest BCUT2D eigenvalue weighted by Gasteiger charge is -1.93. The second-order valence-electron chi connectivity index (χ2n) is 1.74. The van der Waals surface area contributed by atoms with Gasteiger partial charge in [0.1, 0.15) is 16.1 Å². The molecular formula is C6H5NO2S. The van der Waals surface area contributed by atoms with E-state index < -0.39 is 0 Å². The topological polar surface area (TPSA) is 53.1 Å². The van der Waals surface area contributed by atoms with Crippen molar-refractivity contribution in [3.05, 3.63) is 22.5 Å². The minimum absolute atomic E-state index is 0.0800. The molecular weight excluding hydrogens is 150 g/mol. The van der Waals surface area contributed by atoms with Crippen molar-refractivity contribution in [1.82, 2.24) is 4.98 Å². The summed E-state index contributed by atoms with van der Waals surface area (Å²) in [5.41, 5.74) is 0.118. The van der Waals surface area contributed by atoms with E-state index in [0.717, 1.165) is 0 Å². The number of H-pyrrole nitrogens is 1. The fourth-order valence-corrected chi connectivity index (χ4v) is 0.751. The molecule has 1 rings (SSSR count). The van der Waals surface area contributed by atoms with E-state index in [1.54, 1.807) is 0 Å². The number of aromatic nitrogens is 1. The van der Waals surface area contributed by atoms with E-state index in [9.17, 15) is 4.79 Å². The second-order valence-corrected chi connectivity index (χ2v) is 2.18. The fraction of sp³-hybridized carbons (Fsp3) is 0. The van der Waals surface area contributed by atoms with Crippen LogP contribution in [-0.2, 0) is 0 Å². The molecule has 0 spiro atoms. The monoisotopic (exact) mass is 155 g/mol. The van der Waals surface area contributed by atoms with Crippen LogP contribution in [0.3, 0.4) is 0 Å². The molecule has 1 aromatic heterocycles. The first-order valence-electron chi connectivity index (χ1n) is 2.61. The van der Waals surface area contributed by atoms with Crippen molar-refractivity contribution in [2.45, 2.75) is 0 Å². The lowest BCUT2D eigenvalue weighted by Crippen LogP contribution is -1.86. The van der Waals surface area contributed by atoms with Gasteiger partial charge in [0.05, 0.1) is 0 Å². The third-order valence-electron chi connectivity index (χ3n) is 1.04. The number of rotatable bonds is 1. The number of pyridine rings is 1. The third kappa shape index (κ3) is 1.22. The van der Waals surface area contributed by atoms with Crippen molar-refractivity contribution >= 4 is 18.5 Å². The van der Waals surface area contributed by atoms with Crippen LogP contribution < -0.4 is 0 Å². The summed E-state index contributed by atoms with van der Waals surface area (Å²) in [6.45, 7) is 0. The average Bonchev–Trinajstić information content (AvgIpc) is 1.94. The molecule has 52 valence electrons. The van der Waals surface area contributed by atoms with Crippen LogP contribution in [0.15, 0.2) is 12.1 Å². The highest BCUT2D eigenvalue weighted by atomic mass is 32.1. The number of aldehydes is 1. The summed E-state index contributed by atoms with van der Waals surface area (Å²) < 4.78 is 0.430. The van der Waals surface area contributed by atoms with E-state index in [2.05, 4.69) is 4.98 Å². The number of hydrogen-bond donors (Lipinski definition) is 2. The zero-order chi connectivity index (χ0) is 7.56. The molecule has 0 aromatic carbocycles. The Balaban J connectivity index is 3.35. The molecule has 10 heavy (non-hydrogen) atoms. The second kappa shape index (κ2) is 2.62. The quantitative estimate of drug-likeness (QED) is 0.474. The van der Waals surface area contributed by atoms with Crippen LogP contribution in [0.1, 0.15) is 10.5 Å². The average molecular weight is 155 g/mol.